The molecule has 0 bridgehead atoms. The van der Waals surface area contributed by atoms with Crippen molar-refractivity contribution in [2.75, 3.05) is 33.8 Å². The predicted molar refractivity (Wildman–Crippen MR) is 116 cm³/mol. The van der Waals surface area contributed by atoms with Gasteiger partial charge in [0.05, 0.1) is 30.7 Å². The van der Waals surface area contributed by atoms with Crippen molar-refractivity contribution in [2.45, 2.75) is 31.5 Å². The molecule has 2 aliphatic heterocycles. The Morgan fingerprint density at radius 2 is 1.77 bits per heavy atom. The van der Waals surface area contributed by atoms with Crippen molar-refractivity contribution in [3.63, 3.8) is 0 Å². The van der Waals surface area contributed by atoms with Crippen LogP contribution >= 0.6 is 0 Å². The fourth-order valence-electron chi connectivity index (χ4n) is 5.10. The van der Waals surface area contributed by atoms with Gasteiger partial charge in [0.15, 0.2) is 0 Å². The third-order valence-electron chi connectivity index (χ3n) is 6.90. The van der Waals surface area contributed by atoms with Crippen molar-refractivity contribution in [3.05, 3.63) is 54.2 Å². The topological polar surface area (TPSA) is 51.4 Å². The number of fused-ring (bicyclic) bond motifs is 2. The number of hydrogen-bond donors (Lipinski definition) is 0. The molecule has 1 saturated heterocycles. The highest BCUT2D eigenvalue weighted by Gasteiger charge is 2.45. The normalized spacial score (nSPS) is 19.2. The lowest BCUT2D eigenvalue weighted by atomic mass is 9.83. The lowest BCUT2D eigenvalue weighted by Gasteiger charge is -2.49. The second-order valence-corrected chi connectivity index (χ2v) is 8.60. The van der Waals surface area contributed by atoms with E-state index in [0.29, 0.717) is 0 Å². The highest BCUT2D eigenvalue weighted by Crippen LogP contribution is 2.41. The molecular weight excluding hydrogens is 376 g/mol. The van der Waals surface area contributed by atoms with Gasteiger partial charge in [-0.1, -0.05) is 0 Å². The molecule has 3 aromatic rings. The average molecular weight is 407 g/mol. The Morgan fingerprint density at radius 3 is 2.43 bits per heavy atom. The minimum Gasteiger partial charge on any atom is -0.497 e. The number of nitrogens with zero attached hydrogens (tertiary/aromatic N) is 6. The summed E-state index contributed by atoms with van der Waals surface area (Å²) in [6.07, 6.45) is 8.35. The summed E-state index contributed by atoms with van der Waals surface area (Å²) < 4.78 is 9.64. The van der Waals surface area contributed by atoms with E-state index in [9.17, 15) is 0 Å². The third kappa shape index (κ3) is 3.22. The number of benzene rings is 1. The van der Waals surface area contributed by atoms with Crippen molar-refractivity contribution in [1.29, 1.82) is 0 Å². The van der Waals surface area contributed by atoms with Crippen molar-refractivity contribution in [1.82, 2.24) is 29.1 Å². The molecule has 0 saturated carbocycles. The van der Waals surface area contributed by atoms with Crippen molar-refractivity contribution in [2.24, 2.45) is 7.05 Å². The highest BCUT2D eigenvalue weighted by molar-refractivity contribution is 5.61. The third-order valence-corrected chi connectivity index (χ3v) is 6.90. The lowest BCUT2D eigenvalue weighted by Crippen LogP contribution is -2.56. The summed E-state index contributed by atoms with van der Waals surface area (Å²) in [5.74, 6) is 2.11. The van der Waals surface area contributed by atoms with Gasteiger partial charge in [0, 0.05) is 57.1 Å². The summed E-state index contributed by atoms with van der Waals surface area (Å²) in [5.41, 5.74) is 3.71. The summed E-state index contributed by atoms with van der Waals surface area (Å²) in [5, 5.41) is 4.31. The summed E-state index contributed by atoms with van der Waals surface area (Å²) in [6, 6.07) is 8.31. The van der Waals surface area contributed by atoms with E-state index in [0.717, 1.165) is 51.3 Å². The molecule has 1 aromatic carbocycles. The fourth-order valence-corrected chi connectivity index (χ4v) is 5.10. The molecule has 2 aromatic heterocycles. The van der Waals surface area contributed by atoms with Crippen LogP contribution in [0.4, 0.5) is 0 Å². The molecule has 1 spiro atoms. The molecule has 0 aliphatic carbocycles. The number of imidazole rings is 1. The Bertz CT molecular complexity index is 1010. The van der Waals surface area contributed by atoms with E-state index in [4.69, 9.17) is 9.72 Å². The predicted octanol–water partition coefficient (Wildman–Crippen LogP) is 2.73. The van der Waals surface area contributed by atoms with E-state index in [1.165, 1.54) is 22.6 Å². The first kappa shape index (κ1) is 19.3. The van der Waals surface area contributed by atoms with Gasteiger partial charge in [-0.25, -0.2) is 4.98 Å². The van der Waals surface area contributed by atoms with Crippen molar-refractivity contribution in [3.8, 4) is 17.0 Å². The number of rotatable bonds is 4. The molecule has 0 atom stereocenters. The average Bonchev–Trinajstić information content (AvgIpc) is 3.39. The Kier molecular flexibility index (Phi) is 4.87. The molecule has 1 fully saturated rings. The summed E-state index contributed by atoms with van der Waals surface area (Å²) in [7, 11) is 5.95. The van der Waals surface area contributed by atoms with Gasteiger partial charge >= 0.3 is 0 Å². The number of ether oxygens (including phenoxy) is 1. The highest BCUT2D eigenvalue weighted by atomic mass is 16.5. The number of likely N-dealkylation sites (N-methyl/N-ethyl adjacent to an activating group) is 1. The molecule has 158 valence electrons. The van der Waals surface area contributed by atoms with Crippen LogP contribution in [0.15, 0.2) is 42.9 Å². The van der Waals surface area contributed by atoms with E-state index >= 15 is 0 Å². The van der Waals surface area contributed by atoms with Crippen molar-refractivity contribution >= 4 is 0 Å². The summed E-state index contributed by atoms with van der Waals surface area (Å²) >= 11 is 0. The van der Waals surface area contributed by atoms with Gasteiger partial charge in [0.1, 0.15) is 11.6 Å². The molecule has 0 N–H and O–H groups in total. The molecular formula is C23H30N6O. The standard InChI is InChI=1S/C23H30N6O/c1-26-12-13-29-21(19-4-6-20(30-3)7-5-19)15-24-22(29)23(26)8-10-28(11-9-23)17-18-14-25-27(2)16-18/h4-7,14-16H,8-13,17H2,1-3H3. The first-order valence-electron chi connectivity index (χ1n) is 10.7. The first-order chi connectivity index (χ1) is 14.6. The largest absolute Gasteiger partial charge is 0.497 e. The van der Waals surface area contributed by atoms with E-state index in [2.05, 4.69) is 51.0 Å². The Labute approximate surface area is 177 Å². The van der Waals surface area contributed by atoms with E-state index < -0.39 is 0 Å². The number of methoxy groups -OCH3 is 1. The van der Waals surface area contributed by atoms with Gasteiger partial charge in [-0.15, -0.1) is 0 Å². The first-order valence-corrected chi connectivity index (χ1v) is 10.7. The Morgan fingerprint density at radius 1 is 1.00 bits per heavy atom. The number of aryl methyl sites for hydroxylation is 1. The van der Waals surface area contributed by atoms with Crippen LogP contribution in [-0.4, -0.2) is 62.9 Å². The van der Waals surface area contributed by atoms with Crippen LogP contribution in [0.3, 0.4) is 0 Å². The molecule has 30 heavy (non-hydrogen) atoms. The van der Waals surface area contributed by atoms with Crippen LogP contribution in [0.25, 0.3) is 11.3 Å². The Hall–Kier alpha value is -2.64. The SMILES string of the molecule is COc1ccc(-c2cnc3n2CCN(C)C32CCN(Cc3cnn(C)c3)CC2)cc1. The van der Waals surface area contributed by atoms with Crippen LogP contribution in [-0.2, 0) is 25.7 Å². The van der Waals surface area contributed by atoms with Gasteiger partial charge in [0.25, 0.3) is 0 Å². The zero-order valence-corrected chi connectivity index (χ0v) is 18.1. The number of likely N-dealkylation sites (tertiary alicyclic amines) is 1. The van der Waals surface area contributed by atoms with Crippen LogP contribution in [0, 0.1) is 0 Å². The maximum Gasteiger partial charge on any atom is 0.129 e. The second-order valence-electron chi connectivity index (χ2n) is 8.60. The van der Waals surface area contributed by atoms with Crippen LogP contribution in [0.2, 0.25) is 0 Å². The molecule has 4 heterocycles. The molecule has 0 amide bonds. The van der Waals surface area contributed by atoms with Gasteiger partial charge in [0.2, 0.25) is 0 Å². The fraction of sp³-hybridized carbons (Fsp3) is 0.478. The zero-order valence-electron chi connectivity index (χ0n) is 18.1. The minimum atomic E-state index is 0.0222. The second kappa shape index (κ2) is 7.56. The number of hydrogen-bond acceptors (Lipinski definition) is 5. The lowest BCUT2D eigenvalue weighted by molar-refractivity contribution is 0.00700. The van der Waals surface area contributed by atoms with E-state index in [-0.39, 0.29) is 5.54 Å². The van der Waals surface area contributed by atoms with E-state index in [1.54, 1.807) is 7.11 Å². The smallest absolute Gasteiger partial charge is 0.129 e. The summed E-state index contributed by atoms with van der Waals surface area (Å²) in [4.78, 5) is 10.1. The molecule has 0 unspecified atom stereocenters. The van der Waals surface area contributed by atoms with Crippen LogP contribution < -0.4 is 4.74 Å². The van der Waals surface area contributed by atoms with Gasteiger partial charge in [-0.3, -0.25) is 14.5 Å². The quantitative estimate of drug-likeness (QED) is 0.667. The van der Waals surface area contributed by atoms with Crippen LogP contribution in [0.5, 0.6) is 5.75 Å². The van der Waals surface area contributed by atoms with Gasteiger partial charge in [-0.05, 0) is 44.2 Å². The molecule has 7 nitrogen and oxygen atoms in total. The number of aromatic nitrogens is 4. The Balaban J connectivity index is 1.39. The van der Waals surface area contributed by atoms with Crippen molar-refractivity contribution < 1.29 is 4.74 Å². The zero-order chi connectivity index (χ0) is 20.7. The minimum absolute atomic E-state index is 0.0222. The maximum absolute atomic E-state index is 5.32. The summed E-state index contributed by atoms with van der Waals surface area (Å²) in [6.45, 7) is 5.15. The van der Waals surface area contributed by atoms with E-state index in [1.807, 2.05) is 30.1 Å². The molecule has 2 aliphatic rings. The van der Waals surface area contributed by atoms with Gasteiger partial charge in [-0.2, -0.15) is 5.10 Å². The van der Waals surface area contributed by atoms with Crippen LogP contribution in [0.1, 0.15) is 24.2 Å². The monoisotopic (exact) mass is 406 g/mol. The van der Waals surface area contributed by atoms with Gasteiger partial charge < -0.3 is 9.30 Å². The molecule has 5 rings (SSSR count). The number of piperidine rings is 1. The maximum atomic E-state index is 5.32. The molecule has 0 radical (unpaired) electrons. The molecule has 7 heteroatoms.